The second-order valence-electron chi connectivity index (χ2n) is 5.51. The van der Waals surface area contributed by atoms with E-state index in [4.69, 9.17) is 15.2 Å². The number of nitrogen functional groups attached to an aromatic ring is 1. The van der Waals surface area contributed by atoms with E-state index in [1.807, 2.05) is 0 Å². The Labute approximate surface area is 125 Å². The summed E-state index contributed by atoms with van der Waals surface area (Å²) in [6.07, 6.45) is 5.19. The molecule has 1 aliphatic carbocycles. The molecule has 1 aromatic rings. The molecule has 0 aromatic heterocycles. The fourth-order valence-corrected chi connectivity index (χ4v) is 2.59. The molecule has 5 heteroatoms. The van der Waals surface area contributed by atoms with Crippen LogP contribution in [0, 0.1) is 0 Å². The van der Waals surface area contributed by atoms with Crippen LogP contribution in [-0.4, -0.2) is 25.2 Å². The normalized spacial score (nSPS) is 17.0. The van der Waals surface area contributed by atoms with Crippen LogP contribution >= 0.6 is 0 Å². The van der Waals surface area contributed by atoms with Crippen molar-refractivity contribution in [2.24, 2.45) is 0 Å². The molecule has 0 spiro atoms. The van der Waals surface area contributed by atoms with Crippen LogP contribution < -0.4 is 20.5 Å². The number of hydrogen-bond donors (Lipinski definition) is 2. The molecule has 3 N–H and O–H groups in total. The summed E-state index contributed by atoms with van der Waals surface area (Å²) >= 11 is 0. The zero-order valence-electron chi connectivity index (χ0n) is 12.7. The standard InChI is InChI=1S/C16H24N2O3/c1-11(16(19)18-13-6-4-3-5-7-13)21-14-9-8-12(17)10-15(14)20-2/h8-11,13H,3-7,17H2,1-2H3,(H,18,19). The molecular weight excluding hydrogens is 268 g/mol. The zero-order valence-corrected chi connectivity index (χ0v) is 12.7. The molecule has 1 unspecified atom stereocenters. The van der Waals surface area contributed by atoms with Crippen molar-refractivity contribution in [3.05, 3.63) is 18.2 Å². The summed E-state index contributed by atoms with van der Waals surface area (Å²) in [6, 6.07) is 5.41. The smallest absolute Gasteiger partial charge is 0.260 e. The van der Waals surface area contributed by atoms with Crippen LogP contribution in [-0.2, 0) is 4.79 Å². The van der Waals surface area contributed by atoms with Crippen LogP contribution in [0.1, 0.15) is 39.0 Å². The molecule has 0 aliphatic heterocycles. The number of benzene rings is 1. The number of amides is 1. The van der Waals surface area contributed by atoms with Gasteiger partial charge in [0.05, 0.1) is 7.11 Å². The molecular formula is C16H24N2O3. The van der Waals surface area contributed by atoms with Gasteiger partial charge < -0.3 is 20.5 Å². The first-order chi connectivity index (χ1) is 10.1. The average molecular weight is 292 g/mol. The molecule has 2 rings (SSSR count). The molecule has 0 radical (unpaired) electrons. The molecule has 21 heavy (non-hydrogen) atoms. The number of rotatable bonds is 5. The quantitative estimate of drug-likeness (QED) is 0.818. The van der Waals surface area contributed by atoms with E-state index in [9.17, 15) is 4.79 Å². The molecule has 1 fully saturated rings. The molecule has 1 amide bonds. The van der Waals surface area contributed by atoms with Crippen LogP contribution in [0.5, 0.6) is 11.5 Å². The Morgan fingerprint density at radius 1 is 1.29 bits per heavy atom. The van der Waals surface area contributed by atoms with E-state index in [1.165, 1.54) is 19.3 Å². The second-order valence-corrected chi connectivity index (χ2v) is 5.51. The predicted octanol–water partition coefficient (Wildman–Crippen LogP) is 2.49. The van der Waals surface area contributed by atoms with Gasteiger partial charge in [-0.25, -0.2) is 0 Å². The van der Waals surface area contributed by atoms with Gasteiger partial charge in [-0.15, -0.1) is 0 Å². The highest BCUT2D eigenvalue weighted by atomic mass is 16.5. The lowest BCUT2D eigenvalue weighted by molar-refractivity contribution is -0.128. The molecule has 5 nitrogen and oxygen atoms in total. The third kappa shape index (κ3) is 4.28. The molecule has 0 saturated heterocycles. The first-order valence-corrected chi connectivity index (χ1v) is 7.50. The maximum absolute atomic E-state index is 12.2. The summed E-state index contributed by atoms with van der Waals surface area (Å²) in [4.78, 5) is 12.2. The second kappa shape index (κ2) is 7.20. The summed E-state index contributed by atoms with van der Waals surface area (Å²) in [6.45, 7) is 1.74. The number of ether oxygens (including phenoxy) is 2. The summed E-state index contributed by atoms with van der Waals surface area (Å²) in [5.74, 6) is 0.978. The summed E-state index contributed by atoms with van der Waals surface area (Å²) in [5.41, 5.74) is 6.30. The highest BCUT2D eigenvalue weighted by Gasteiger charge is 2.21. The van der Waals surface area contributed by atoms with E-state index in [2.05, 4.69) is 5.32 Å². The highest BCUT2D eigenvalue weighted by molar-refractivity contribution is 5.81. The Hall–Kier alpha value is -1.91. The number of nitrogens with two attached hydrogens (primary N) is 1. The SMILES string of the molecule is COc1cc(N)ccc1OC(C)C(=O)NC1CCCCC1. The Bertz CT molecular complexity index is 484. The molecule has 1 atom stereocenters. The van der Waals surface area contributed by atoms with Crippen LogP contribution in [0.4, 0.5) is 5.69 Å². The maximum Gasteiger partial charge on any atom is 0.260 e. The minimum atomic E-state index is -0.565. The van der Waals surface area contributed by atoms with Crippen molar-refractivity contribution in [1.29, 1.82) is 0 Å². The molecule has 116 valence electrons. The van der Waals surface area contributed by atoms with E-state index in [-0.39, 0.29) is 11.9 Å². The lowest BCUT2D eigenvalue weighted by Gasteiger charge is -2.25. The van der Waals surface area contributed by atoms with E-state index >= 15 is 0 Å². The van der Waals surface area contributed by atoms with Crippen molar-refractivity contribution in [3.63, 3.8) is 0 Å². The highest BCUT2D eigenvalue weighted by Crippen LogP contribution is 2.29. The van der Waals surface area contributed by atoms with Crippen LogP contribution in [0.15, 0.2) is 18.2 Å². The van der Waals surface area contributed by atoms with Crippen molar-refractivity contribution in [2.45, 2.75) is 51.2 Å². The van der Waals surface area contributed by atoms with Crippen LogP contribution in [0.25, 0.3) is 0 Å². The molecule has 1 saturated carbocycles. The minimum Gasteiger partial charge on any atom is -0.493 e. The van der Waals surface area contributed by atoms with Crippen LogP contribution in [0.2, 0.25) is 0 Å². The Morgan fingerprint density at radius 3 is 2.67 bits per heavy atom. The van der Waals surface area contributed by atoms with Gasteiger partial charge in [0.25, 0.3) is 5.91 Å². The predicted molar refractivity (Wildman–Crippen MR) is 82.5 cm³/mol. The number of carbonyl (C=O) groups excluding carboxylic acids is 1. The summed E-state index contributed by atoms with van der Waals surface area (Å²) in [5, 5.41) is 3.06. The third-order valence-electron chi connectivity index (χ3n) is 3.81. The van der Waals surface area contributed by atoms with E-state index in [0.29, 0.717) is 17.2 Å². The fourth-order valence-electron chi connectivity index (χ4n) is 2.59. The van der Waals surface area contributed by atoms with Gasteiger partial charge in [-0.2, -0.15) is 0 Å². The average Bonchev–Trinajstić information content (AvgIpc) is 2.49. The Balaban J connectivity index is 1.93. The number of anilines is 1. The lowest BCUT2D eigenvalue weighted by atomic mass is 9.95. The number of nitrogens with one attached hydrogen (secondary N) is 1. The summed E-state index contributed by atoms with van der Waals surface area (Å²) in [7, 11) is 1.55. The zero-order chi connectivity index (χ0) is 15.2. The van der Waals surface area contributed by atoms with E-state index < -0.39 is 6.10 Å². The van der Waals surface area contributed by atoms with Crippen molar-refractivity contribution in [2.75, 3.05) is 12.8 Å². The molecule has 1 aromatic carbocycles. The molecule has 0 heterocycles. The molecule has 1 aliphatic rings. The first kappa shape index (κ1) is 15.5. The van der Waals surface area contributed by atoms with Gasteiger partial charge in [-0.3, -0.25) is 4.79 Å². The molecule has 0 bridgehead atoms. The van der Waals surface area contributed by atoms with Crippen molar-refractivity contribution >= 4 is 11.6 Å². The van der Waals surface area contributed by atoms with E-state index in [1.54, 1.807) is 32.2 Å². The van der Waals surface area contributed by atoms with E-state index in [0.717, 1.165) is 12.8 Å². The van der Waals surface area contributed by atoms with Gasteiger partial charge in [-0.05, 0) is 31.9 Å². The minimum absolute atomic E-state index is 0.0826. The number of methoxy groups -OCH3 is 1. The monoisotopic (exact) mass is 292 g/mol. The number of carbonyl (C=O) groups is 1. The lowest BCUT2D eigenvalue weighted by Crippen LogP contribution is -2.43. The maximum atomic E-state index is 12.2. The van der Waals surface area contributed by atoms with Gasteiger partial charge in [0.1, 0.15) is 0 Å². The first-order valence-electron chi connectivity index (χ1n) is 7.50. The fraction of sp³-hybridized carbons (Fsp3) is 0.562. The third-order valence-corrected chi connectivity index (χ3v) is 3.81. The Kier molecular flexibility index (Phi) is 5.31. The Morgan fingerprint density at radius 2 is 2.00 bits per heavy atom. The van der Waals surface area contributed by atoms with Crippen LogP contribution in [0.3, 0.4) is 0 Å². The van der Waals surface area contributed by atoms with Gasteiger partial charge in [0.15, 0.2) is 17.6 Å². The summed E-state index contributed by atoms with van der Waals surface area (Å²) < 4.78 is 10.9. The van der Waals surface area contributed by atoms with Gasteiger partial charge in [-0.1, -0.05) is 19.3 Å². The van der Waals surface area contributed by atoms with Crippen molar-refractivity contribution in [3.8, 4) is 11.5 Å². The topological polar surface area (TPSA) is 73.6 Å². The largest absolute Gasteiger partial charge is 0.493 e. The van der Waals surface area contributed by atoms with Gasteiger partial charge in [0, 0.05) is 17.8 Å². The van der Waals surface area contributed by atoms with Gasteiger partial charge in [0.2, 0.25) is 0 Å². The van der Waals surface area contributed by atoms with Gasteiger partial charge >= 0.3 is 0 Å². The van der Waals surface area contributed by atoms with Crippen molar-refractivity contribution in [1.82, 2.24) is 5.32 Å². The number of hydrogen-bond acceptors (Lipinski definition) is 4. The van der Waals surface area contributed by atoms with Crippen molar-refractivity contribution < 1.29 is 14.3 Å².